The average Bonchev–Trinajstić information content (AvgIpc) is 2.36. The normalized spacial score (nSPS) is 11.4. The van der Waals surface area contributed by atoms with Crippen molar-refractivity contribution in [1.29, 1.82) is 0 Å². The highest BCUT2D eigenvalue weighted by atomic mass is 16.2. The fraction of sp³-hybridized carbons (Fsp3) is 0.182. The van der Waals surface area contributed by atoms with Crippen molar-refractivity contribution in [3.05, 3.63) is 35.9 Å². The third-order valence-electron chi connectivity index (χ3n) is 2.07. The van der Waals surface area contributed by atoms with Crippen LogP contribution in [0.15, 0.2) is 30.3 Å². The number of primary amides is 1. The highest BCUT2D eigenvalue weighted by Gasteiger charge is 2.13. The van der Waals surface area contributed by atoms with Crippen molar-refractivity contribution in [2.45, 2.75) is 6.17 Å². The molecule has 0 fully saturated rings. The maximum Gasteiger partial charge on any atom is 0.254 e. The maximum atomic E-state index is 11.6. The minimum Gasteiger partial charge on any atom is -0.367 e. The van der Waals surface area contributed by atoms with Crippen molar-refractivity contribution in [1.82, 2.24) is 10.6 Å². The minimum absolute atomic E-state index is 0.283. The predicted molar refractivity (Wildman–Crippen MR) is 64.1 cm³/mol. The second-order valence-electron chi connectivity index (χ2n) is 3.50. The van der Waals surface area contributed by atoms with Gasteiger partial charge in [0.25, 0.3) is 11.8 Å². The van der Waals surface area contributed by atoms with E-state index >= 15 is 0 Å². The van der Waals surface area contributed by atoms with Gasteiger partial charge in [0.2, 0.25) is 5.91 Å². The molecule has 0 heterocycles. The van der Waals surface area contributed by atoms with Crippen LogP contribution in [0.1, 0.15) is 10.4 Å². The second-order valence-corrected chi connectivity index (χ2v) is 3.50. The maximum absolute atomic E-state index is 11.6. The molecule has 1 unspecified atom stereocenters. The lowest BCUT2D eigenvalue weighted by Crippen LogP contribution is -2.52. The van der Waals surface area contributed by atoms with Gasteiger partial charge in [0.15, 0.2) is 6.17 Å². The van der Waals surface area contributed by atoms with Crippen LogP contribution < -0.4 is 22.1 Å². The van der Waals surface area contributed by atoms with Gasteiger partial charge in [0.1, 0.15) is 0 Å². The third-order valence-corrected chi connectivity index (χ3v) is 2.07. The third kappa shape index (κ3) is 4.22. The van der Waals surface area contributed by atoms with E-state index in [1.165, 1.54) is 0 Å². The first kappa shape index (κ1) is 13.7. The molecule has 7 nitrogen and oxygen atoms in total. The molecule has 6 N–H and O–H groups in total. The number of carbonyl (C=O) groups is 3. The first-order valence-electron chi connectivity index (χ1n) is 5.18. The summed E-state index contributed by atoms with van der Waals surface area (Å²) in [5.74, 6) is -1.83. The Morgan fingerprint density at radius 1 is 1.17 bits per heavy atom. The molecule has 0 bridgehead atoms. The topological polar surface area (TPSA) is 127 Å². The Hall–Kier alpha value is -2.41. The summed E-state index contributed by atoms with van der Waals surface area (Å²) in [7, 11) is 0. The lowest BCUT2D eigenvalue weighted by Gasteiger charge is -2.10. The zero-order valence-corrected chi connectivity index (χ0v) is 9.55. The monoisotopic (exact) mass is 250 g/mol. The van der Waals surface area contributed by atoms with Crippen molar-refractivity contribution >= 4 is 17.7 Å². The van der Waals surface area contributed by atoms with Gasteiger partial charge in [-0.3, -0.25) is 14.4 Å². The Bertz CT molecular complexity index is 447. The zero-order chi connectivity index (χ0) is 13.5. The summed E-state index contributed by atoms with van der Waals surface area (Å²) < 4.78 is 0. The summed E-state index contributed by atoms with van der Waals surface area (Å²) in [6.45, 7) is -0.283. The van der Waals surface area contributed by atoms with Crippen LogP contribution in [0.2, 0.25) is 0 Å². The number of nitrogens with one attached hydrogen (secondary N) is 2. The molecule has 0 radical (unpaired) electrons. The molecule has 96 valence electrons. The second kappa shape index (κ2) is 6.36. The molecule has 1 aromatic rings. The van der Waals surface area contributed by atoms with E-state index in [4.69, 9.17) is 11.5 Å². The van der Waals surface area contributed by atoms with E-state index < -0.39 is 23.9 Å². The largest absolute Gasteiger partial charge is 0.367 e. The Kier molecular flexibility index (Phi) is 4.82. The van der Waals surface area contributed by atoms with Gasteiger partial charge in [0, 0.05) is 5.56 Å². The Labute approximate surface area is 104 Å². The fourth-order valence-corrected chi connectivity index (χ4v) is 1.15. The molecule has 0 aliphatic carbocycles. The number of hydrogen-bond acceptors (Lipinski definition) is 4. The van der Waals surface area contributed by atoms with Crippen LogP contribution in [0.4, 0.5) is 0 Å². The van der Waals surface area contributed by atoms with Crippen LogP contribution in [0, 0.1) is 0 Å². The predicted octanol–water partition coefficient (Wildman–Crippen LogP) is -1.70. The smallest absolute Gasteiger partial charge is 0.254 e. The van der Waals surface area contributed by atoms with Gasteiger partial charge in [-0.05, 0) is 12.1 Å². The van der Waals surface area contributed by atoms with Crippen molar-refractivity contribution in [3.63, 3.8) is 0 Å². The lowest BCUT2D eigenvalue weighted by atomic mass is 10.2. The minimum atomic E-state index is -1.26. The zero-order valence-electron chi connectivity index (χ0n) is 9.55. The van der Waals surface area contributed by atoms with Gasteiger partial charge in [-0.1, -0.05) is 18.2 Å². The Balaban J connectivity index is 2.40. The standard InChI is InChI=1S/C11H14N4O3/c12-9(10(13)17)15-8(16)6-14-11(18)7-4-2-1-3-5-7/h1-5,9H,6,12H2,(H2,13,17)(H,14,18)(H,15,16). The van der Waals surface area contributed by atoms with Crippen LogP contribution in [0.3, 0.4) is 0 Å². The van der Waals surface area contributed by atoms with Crippen LogP contribution in [0.5, 0.6) is 0 Å². The number of benzene rings is 1. The van der Waals surface area contributed by atoms with Crippen LogP contribution in [-0.2, 0) is 9.59 Å². The molecule has 0 aromatic heterocycles. The summed E-state index contributed by atoms with van der Waals surface area (Å²) in [5.41, 5.74) is 10.5. The molecular formula is C11H14N4O3. The number of nitrogens with two attached hydrogens (primary N) is 2. The molecule has 0 aliphatic rings. The summed E-state index contributed by atoms with van der Waals surface area (Å²) in [6.07, 6.45) is -1.26. The van der Waals surface area contributed by atoms with E-state index in [2.05, 4.69) is 10.6 Å². The number of amides is 3. The SMILES string of the molecule is NC(=O)C(N)NC(=O)CNC(=O)c1ccccc1. The van der Waals surface area contributed by atoms with Gasteiger partial charge >= 0.3 is 0 Å². The van der Waals surface area contributed by atoms with Crippen molar-refractivity contribution < 1.29 is 14.4 Å². The summed E-state index contributed by atoms with van der Waals surface area (Å²) in [5, 5.41) is 4.52. The van der Waals surface area contributed by atoms with E-state index in [1.54, 1.807) is 30.3 Å². The van der Waals surface area contributed by atoms with E-state index in [0.717, 1.165) is 0 Å². The molecule has 1 rings (SSSR count). The van der Waals surface area contributed by atoms with Crippen molar-refractivity contribution in [2.24, 2.45) is 11.5 Å². The molecule has 0 saturated heterocycles. The molecule has 0 aliphatic heterocycles. The molecule has 3 amide bonds. The average molecular weight is 250 g/mol. The van der Waals surface area contributed by atoms with Crippen LogP contribution >= 0.6 is 0 Å². The van der Waals surface area contributed by atoms with E-state index in [1.807, 2.05) is 0 Å². The molecule has 18 heavy (non-hydrogen) atoms. The van der Waals surface area contributed by atoms with Gasteiger partial charge in [-0.25, -0.2) is 0 Å². The molecular weight excluding hydrogens is 236 g/mol. The highest BCUT2D eigenvalue weighted by molar-refractivity contribution is 5.96. The molecule has 1 aromatic carbocycles. The first-order valence-corrected chi connectivity index (χ1v) is 5.18. The van der Waals surface area contributed by atoms with Crippen molar-refractivity contribution in [3.8, 4) is 0 Å². The number of hydrogen-bond donors (Lipinski definition) is 4. The van der Waals surface area contributed by atoms with E-state index in [0.29, 0.717) is 5.56 Å². The van der Waals surface area contributed by atoms with Gasteiger partial charge in [-0.15, -0.1) is 0 Å². The first-order chi connectivity index (χ1) is 8.50. The number of carbonyl (C=O) groups excluding carboxylic acids is 3. The Morgan fingerprint density at radius 2 is 1.78 bits per heavy atom. The molecule has 0 saturated carbocycles. The van der Waals surface area contributed by atoms with Gasteiger partial charge in [-0.2, -0.15) is 0 Å². The van der Waals surface area contributed by atoms with Gasteiger partial charge in [0.05, 0.1) is 6.54 Å². The van der Waals surface area contributed by atoms with Crippen LogP contribution in [0.25, 0.3) is 0 Å². The quantitative estimate of drug-likeness (QED) is 0.464. The molecule has 0 spiro atoms. The van der Waals surface area contributed by atoms with Crippen molar-refractivity contribution in [2.75, 3.05) is 6.54 Å². The van der Waals surface area contributed by atoms with E-state index in [-0.39, 0.29) is 6.54 Å². The summed E-state index contributed by atoms with van der Waals surface area (Å²) in [6, 6.07) is 8.41. The highest BCUT2D eigenvalue weighted by Crippen LogP contribution is 1.97. The fourth-order valence-electron chi connectivity index (χ4n) is 1.15. The Morgan fingerprint density at radius 3 is 2.33 bits per heavy atom. The molecule has 7 heteroatoms. The van der Waals surface area contributed by atoms with Crippen LogP contribution in [-0.4, -0.2) is 30.4 Å². The molecule has 1 atom stereocenters. The van der Waals surface area contributed by atoms with Gasteiger partial charge < -0.3 is 22.1 Å². The van der Waals surface area contributed by atoms with E-state index in [9.17, 15) is 14.4 Å². The number of rotatable bonds is 5. The summed E-state index contributed by atoms with van der Waals surface area (Å²) in [4.78, 5) is 33.4. The lowest BCUT2D eigenvalue weighted by molar-refractivity contribution is -0.126. The summed E-state index contributed by atoms with van der Waals surface area (Å²) >= 11 is 0.